The molecule has 0 bridgehead atoms. The first-order valence-corrected chi connectivity index (χ1v) is 9.09. The molecule has 1 aliphatic carbocycles. The minimum absolute atomic E-state index is 0.431. The molecular formula is C20H33N. The maximum atomic E-state index is 6.46. The van der Waals surface area contributed by atoms with Gasteiger partial charge in [-0.25, -0.2) is 0 Å². The summed E-state index contributed by atoms with van der Waals surface area (Å²) in [5, 5.41) is 0. The number of aryl methyl sites for hydroxylation is 1. The van der Waals surface area contributed by atoms with Gasteiger partial charge in [0.25, 0.3) is 0 Å². The summed E-state index contributed by atoms with van der Waals surface area (Å²) in [6.07, 6.45) is 13.4. The van der Waals surface area contributed by atoms with Crippen LogP contribution in [-0.2, 0) is 6.42 Å². The molecule has 0 aromatic heterocycles. The number of nitrogens with two attached hydrogens (primary N) is 1. The van der Waals surface area contributed by atoms with Gasteiger partial charge in [-0.1, -0.05) is 69.4 Å². The molecule has 1 heteroatoms. The summed E-state index contributed by atoms with van der Waals surface area (Å²) in [6.45, 7) is 2.30. The quantitative estimate of drug-likeness (QED) is 0.687. The van der Waals surface area contributed by atoms with Crippen molar-refractivity contribution in [2.24, 2.45) is 17.6 Å². The Morgan fingerprint density at radius 2 is 1.76 bits per heavy atom. The molecule has 0 heterocycles. The van der Waals surface area contributed by atoms with Crippen LogP contribution >= 0.6 is 0 Å². The predicted molar refractivity (Wildman–Crippen MR) is 92.3 cm³/mol. The van der Waals surface area contributed by atoms with E-state index in [1.807, 2.05) is 0 Å². The van der Waals surface area contributed by atoms with Crippen molar-refractivity contribution in [3.63, 3.8) is 0 Å². The van der Waals surface area contributed by atoms with Gasteiger partial charge >= 0.3 is 0 Å². The molecule has 1 aliphatic rings. The highest BCUT2D eigenvalue weighted by molar-refractivity contribution is 5.14. The van der Waals surface area contributed by atoms with Gasteiger partial charge in [0.2, 0.25) is 0 Å². The highest BCUT2D eigenvalue weighted by Gasteiger charge is 2.24. The van der Waals surface area contributed by atoms with Gasteiger partial charge in [-0.05, 0) is 49.5 Å². The Balaban J connectivity index is 1.62. The van der Waals surface area contributed by atoms with Gasteiger partial charge in [0.1, 0.15) is 0 Å². The highest BCUT2D eigenvalue weighted by atomic mass is 14.6. The fraction of sp³-hybridized carbons (Fsp3) is 0.700. The SMILES string of the molecule is CCCCC1CCC(C(N)CCCc2ccccc2)CC1. The normalized spacial score (nSPS) is 23.9. The van der Waals surface area contributed by atoms with Gasteiger partial charge in [-0.2, -0.15) is 0 Å². The first-order valence-electron chi connectivity index (χ1n) is 9.09. The van der Waals surface area contributed by atoms with Gasteiger partial charge in [0, 0.05) is 6.04 Å². The molecule has 1 atom stereocenters. The van der Waals surface area contributed by atoms with E-state index >= 15 is 0 Å². The number of unbranched alkanes of at least 4 members (excludes halogenated alkanes) is 1. The lowest BCUT2D eigenvalue weighted by Crippen LogP contribution is -2.33. The molecule has 0 radical (unpaired) electrons. The fourth-order valence-electron chi connectivity index (χ4n) is 3.82. The second-order valence-corrected chi connectivity index (χ2v) is 6.96. The van der Waals surface area contributed by atoms with Crippen molar-refractivity contribution < 1.29 is 0 Å². The van der Waals surface area contributed by atoms with E-state index in [0.717, 1.165) is 11.8 Å². The summed E-state index contributed by atoms with van der Waals surface area (Å²) in [5.74, 6) is 1.79. The number of benzene rings is 1. The lowest BCUT2D eigenvalue weighted by molar-refractivity contribution is 0.225. The monoisotopic (exact) mass is 287 g/mol. The maximum absolute atomic E-state index is 6.46. The first-order chi connectivity index (χ1) is 10.3. The van der Waals surface area contributed by atoms with Crippen LogP contribution < -0.4 is 5.73 Å². The highest BCUT2D eigenvalue weighted by Crippen LogP contribution is 2.34. The molecule has 1 saturated carbocycles. The van der Waals surface area contributed by atoms with Crippen LogP contribution in [-0.4, -0.2) is 6.04 Å². The summed E-state index contributed by atoms with van der Waals surface area (Å²) >= 11 is 0. The zero-order chi connectivity index (χ0) is 14.9. The van der Waals surface area contributed by atoms with Crippen LogP contribution in [0.25, 0.3) is 0 Å². The van der Waals surface area contributed by atoms with E-state index in [2.05, 4.69) is 37.3 Å². The largest absolute Gasteiger partial charge is 0.327 e. The third kappa shape index (κ3) is 5.82. The molecule has 1 nitrogen and oxygen atoms in total. The summed E-state index contributed by atoms with van der Waals surface area (Å²) in [6, 6.07) is 11.2. The summed E-state index contributed by atoms with van der Waals surface area (Å²) in [4.78, 5) is 0. The van der Waals surface area contributed by atoms with Crippen molar-refractivity contribution >= 4 is 0 Å². The van der Waals surface area contributed by atoms with Crippen molar-refractivity contribution in [2.75, 3.05) is 0 Å². The summed E-state index contributed by atoms with van der Waals surface area (Å²) in [5.41, 5.74) is 7.91. The van der Waals surface area contributed by atoms with Crippen LogP contribution in [0.1, 0.15) is 70.3 Å². The average Bonchev–Trinajstić information content (AvgIpc) is 2.54. The maximum Gasteiger partial charge on any atom is 0.00672 e. The van der Waals surface area contributed by atoms with E-state index < -0.39 is 0 Å². The van der Waals surface area contributed by atoms with E-state index in [1.54, 1.807) is 0 Å². The van der Waals surface area contributed by atoms with Crippen LogP contribution in [0, 0.1) is 11.8 Å². The molecule has 118 valence electrons. The van der Waals surface area contributed by atoms with Crippen molar-refractivity contribution in [1.29, 1.82) is 0 Å². The zero-order valence-corrected chi connectivity index (χ0v) is 13.8. The summed E-state index contributed by atoms with van der Waals surface area (Å²) < 4.78 is 0. The molecule has 0 spiro atoms. The van der Waals surface area contributed by atoms with E-state index in [0.29, 0.717) is 6.04 Å². The molecule has 21 heavy (non-hydrogen) atoms. The van der Waals surface area contributed by atoms with Gasteiger partial charge in [0.05, 0.1) is 0 Å². The topological polar surface area (TPSA) is 26.0 Å². The Bertz CT molecular complexity index is 365. The average molecular weight is 287 g/mol. The van der Waals surface area contributed by atoms with Crippen LogP contribution in [0.5, 0.6) is 0 Å². The van der Waals surface area contributed by atoms with Gasteiger partial charge in [0.15, 0.2) is 0 Å². The van der Waals surface area contributed by atoms with Crippen LogP contribution in [0.2, 0.25) is 0 Å². The fourth-order valence-corrected chi connectivity index (χ4v) is 3.82. The molecule has 0 saturated heterocycles. The van der Waals surface area contributed by atoms with Crippen molar-refractivity contribution in [2.45, 2.75) is 77.2 Å². The van der Waals surface area contributed by atoms with Gasteiger partial charge < -0.3 is 5.73 Å². The van der Waals surface area contributed by atoms with Crippen LogP contribution in [0.4, 0.5) is 0 Å². The number of hydrogen-bond donors (Lipinski definition) is 1. The minimum Gasteiger partial charge on any atom is -0.327 e. The van der Waals surface area contributed by atoms with E-state index in [4.69, 9.17) is 5.73 Å². The van der Waals surface area contributed by atoms with Crippen molar-refractivity contribution in [1.82, 2.24) is 0 Å². The molecular weight excluding hydrogens is 254 g/mol. The third-order valence-corrected chi connectivity index (χ3v) is 5.31. The van der Waals surface area contributed by atoms with Crippen LogP contribution in [0.15, 0.2) is 30.3 Å². The first kappa shape index (κ1) is 16.5. The molecule has 1 aromatic rings. The zero-order valence-electron chi connectivity index (χ0n) is 13.8. The van der Waals surface area contributed by atoms with E-state index in [1.165, 1.54) is 69.8 Å². The van der Waals surface area contributed by atoms with Crippen molar-refractivity contribution in [3.8, 4) is 0 Å². The molecule has 0 amide bonds. The second kappa shape index (κ2) is 9.25. The van der Waals surface area contributed by atoms with Gasteiger partial charge in [-0.3, -0.25) is 0 Å². The molecule has 1 fully saturated rings. The van der Waals surface area contributed by atoms with E-state index in [-0.39, 0.29) is 0 Å². The standard InChI is InChI=1S/C20H33N/c1-2-3-8-18-13-15-19(16-14-18)20(21)12-7-11-17-9-5-4-6-10-17/h4-6,9-10,18-20H,2-3,7-8,11-16,21H2,1H3. The Kier molecular flexibility index (Phi) is 7.29. The lowest BCUT2D eigenvalue weighted by atomic mass is 9.76. The predicted octanol–water partition coefficient (Wildman–Crippen LogP) is 5.33. The molecule has 2 N–H and O–H groups in total. The second-order valence-electron chi connectivity index (χ2n) is 6.96. The minimum atomic E-state index is 0.431. The number of hydrogen-bond acceptors (Lipinski definition) is 1. The Morgan fingerprint density at radius 1 is 1.05 bits per heavy atom. The molecule has 1 aromatic carbocycles. The molecule has 1 unspecified atom stereocenters. The number of rotatable bonds is 8. The smallest absolute Gasteiger partial charge is 0.00672 e. The van der Waals surface area contributed by atoms with Crippen molar-refractivity contribution in [3.05, 3.63) is 35.9 Å². The van der Waals surface area contributed by atoms with Crippen LogP contribution in [0.3, 0.4) is 0 Å². The van der Waals surface area contributed by atoms with E-state index in [9.17, 15) is 0 Å². The van der Waals surface area contributed by atoms with Gasteiger partial charge in [-0.15, -0.1) is 0 Å². The summed E-state index contributed by atoms with van der Waals surface area (Å²) in [7, 11) is 0. The Hall–Kier alpha value is -0.820. The molecule has 2 rings (SSSR count). The Labute approximate surface area is 131 Å². The lowest BCUT2D eigenvalue weighted by Gasteiger charge is -2.32. The Morgan fingerprint density at radius 3 is 2.43 bits per heavy atom. The third-order valence-electron chi connectivity index (χ3n) is 5.31. The molecule has 0 aliphatic heterocycles.